The van der Waals surface area contributed by atoms with Gasteiger partial charge in [-0.05, 0) is 24.2 Å². The van der Waals surface area contributed by atoms with Crippen molar-refractivity contribution in [1.29, 1.82) is 0 Å². The highest BCUT2D eigenvalue weighted by atomic mass is 32.2. The van der Waals surface area contributed by atoms with Crippen LogP contribution in [0.15, 0.2) is 42.5 Å². The van der Waals surface area contributed by atoms with E-state index in [2.05, 4.69) is 5.32 Å². The summed E-state index contributed by atoms with van der Waals surface area (Å²) in [6, 6.07) is 11.4. The molecule has 0 saturated carbocycles. The molecule has 0 radical (unpaired) electrons. The Hall–Kier alpha value is -1.73. The van der Waals surface area contributed by atoms with Crippen LogP contribution in [0.25, 0.3) is 0 Å². The highest BCUT2D eigenvalue weighted by molar-refractivity contribution is 7.99. The fraction of sp³-hybridized carbons (Fsp3) is 0.278. The van der Waals surface area contributed by atoms with Crippen molar-refractivity contribution in [2.24, 2.45) is 0 Å². The van der Waals surface area contributed by atoms with Crippen LogP contribution in [0.3, 0.4) is 0 Å². The summed E-state index contributed by atoms with van der Waals surface area (Å²) in [6.07, 6.45) is 0.798. The Morgan fingerprint density at radius 2 is 1.84 bits per heavy atom. The standard InChI is InChI=1S/C18H17F3N2S2/c19-13-10-14(20)16(15(21)11-13)17-23(8-9-25-17)18(24)22-7-6-12-4-2-1-3-5-12/h1-5,10-11,17H,6-9H2,(H,22,24)/t17-/m1/s1. The molecule has 2 aromatic carbocycles. The molecule has 7 heteroatoms. The Labute approximate surface area is 154 Å². The molecular weight excluding hydrogens is 365 g/mol. The SMILES string of the molecule is Fc1cc(F)c([C@H]2SCCN2C(=S)NCCc2ccccc2)c(F)c1. The van der Waals surface area contributed by atoms with Crippen LogP contribution in [-0.4, -0.2) is 28.9 Å². The van der Waals surface area contributed by atoms with Gasteiger partial charge in [-0.2, -0.15) is 0 Å². The molecule has 25 heavy (non-hydrogen) atoms. The van der Waals surface area contributed by atoms with Gasteiger partial charge >= 0.3 is 0 Å². The predicted molar refractivity (Wildman–Crippen MR) is 99.0 cm³/mol. The smallest absolute Gasteiger partial charge is 0.170 e. The fourth-order valence-electron chi connectivity index (χ4n) is 2.77. The first kappa shape index (κ1) is 18.1. The average Bonchev–Trinajstić information content (AvgIpc) is 3.04. The van der Waals surface area contributed by atoms with E-state index in [1.165, 1.54) is 17.3 Å². The normalized spacial score (nSPS) is 16.9. The summed E-state index contributed by atoms with van der Waals surface area (Å²) < 4.78 is 41.3. The van der Waals surface area contributed by atoms with Gasteiger partial charge in [0.25, 0.3) is 0 Å². The molecule has 0 aliphatic carbocycles. The van der Waals surface area contributed by atoms with E-state index in [1.54, 1.807) is 4.90 Å². The molecule has 132 valence electrons. The predicted octanol–water partition coefficient (Wildman–Crippen LogP) is 4.27. The fourth-order valence-corrected chi connectivity index (χ4v) is 4.44. The van der Waals surface area contributed by atoms with Crippen LogP contribution in [0, 0.1) is 17.5 Å². The maximum atomic E-state index is 14.1. The van der Waals surface area contributed by atoms with Gasteiger partial charge in [-0.25, -0.2) is 13.2 Å². The average molecular weight is 382 g/mol. The molecule has 0 unspecified atom stereocenters. The zero-order valence-electron chi connectivity index (χ0n) is 13.3. The van der Waals surface area contributed by atoms with Gasteiger partial charge in [0.2, 0.25) is 0 Å². The van der Waals surface area contributed by atoms with Gasteiger partial charge in [0.1, 0.15) is 22.8 Å². The topological polar surface area (TPSA) is 15.3 Å². The molecule has 1 aliphatic rings. The summed E-state index contributed by atoms with van der Waals surface area (Å²) in [5.41, 5.74) is 1.04. The monoisotopic (exact) mass is 382 g/mol. The molecule has 0 amide bonds. The Morgan fingerprint density at radius 3 is 2.52 bits per heavy atom. The highest BCUT2D eigenvalue weighted by Gasteiger charge is 2.33. The third kappa shape index (κ3) is 4.27. The number of benzene rings is 2. The van der Waals surface area contributed by atoms with Crippen LogP contribution >= 0.6 is 24.0 Å². The van der Waals surface area contributed by atoms with Gasteiger partial charge in [0.15, 0.2) is 5.11 Å². The number of nitrogens with one attached hydrogen (secondary N) is 1. The van der Waals surface area contributed by atoms with E-state index < -0.39 is 22.8 Å². The molecule has 1 heterocycles. The molecule has 0 bridgehead atoms. The molecule has 1 N–H and O–H groups in total. The number of hydrogen-bond donors (Lipinski definition) is 1. The maximum Gasteiger partial charge on any atom is 0.170 e. The molecule has 1 fully saturated rings. The summed E-state index contributed by atoms with van der Waals surface area (Å²) in [5.74, 6) is -1.98. The number of hydrogen-bond acceptors (Lipinski definition) is 2. The Bertz CT molecular complexity index is 732. The Balaban J connectivity index is 1.66. The van der Waals surface area contributed by atoms with Gasteiger partial charge in [0.05, 0.1) is 5.56 Å². The zero-order chi connectivity index (χ0) is 17.8. The Kier molecular flexibility index (Phi) is 5.86. The van der Waals surface area contributed by atoms with E-state index in [0.717, 1.165) is 6.42 Å². The second-order valence-corrected chi connectivity index (χ2v) is 7.24. The molecule has 1 aliphatic heterocycles. The van der Waals surface area contributed by atoms with Gasteiger partial charge in [-0.1, -0.05) is 30.3 Å². The molecule has 2 aromatic rings. The second-order valence-electron chi connectivity index (χ2n) is 5.67. The van der Waals surface area contributed by atoms with Crippen molar-refractivity contribution in [3.05, 3.63) is 71.0 Å². The Morgan fingerprint density at radius 1 is 1.16 bits per heavy atom. The number of thioether (sulfide) groups is 1. The first-order valence-corrected chi connectivity index (χ1v) is 9.36. The van der Waals surface area contributed by atoms with Crippen LogP contribution in [-0.2, 0) is 6.42 Å². The van der Waals surface area contributed by atoms with E-state index in [9.17, 15) is 13.2 Å². The molecule has 1 saturated heterocycles. The third-order valence-electron chi connectivity index (χ3n) is 3.98. The van der Waals surface area contributed by atoms with Crippen molar-refractivity contribution in [3.63, 3.8) is 0 Å². The summed E-state index contributed by atoms with van der Waals surface area (Å²) in [6.45, 7) is 1.22. The minimum absolute atomic E-state index is 0.142. The van der Waals surface area contributed by atoms with E-state index in [-0.39, 0.29) is 5.56 Å². The molecule has 1 atom stereocenters. The molecular formula is C18H17F3N2S2. The van der Waals surface area contributed by atoms with E-state index >= 15 is 0 Å². The van der Waals surface area contributed by atoms with Crippen LogP contribution in [0.1, 0.15) is 16.5 Å². The van der Waals surface area contributed by atoms with Crippen LogP contribution in [0.4, 0.5) is 13.2 Å². The number of halogens is 3. The second kappa shape index (κ2) is 8.10. The summed E-state index contributed by atoms with van der Waals surface area (Å²) >= 11 is 6.79. The van der Waals surface area contributed by atoms with Crippen LogP contribution < -0.4 is 5.32 Å². The zero-order valence-corrected chi connectivity index (χ0v) is 15.0. The van der Waals surface area contributed by atoms with Crippen LogP contribution in [0.5, 0.6) is 0 Å². The summed E-state index contributed by atoms with van der Waals surface area (Å²) in [5, 5.41) is 3.02. The lowest BCUT2D eigenvalue weighted by Crippen LogP contribution is -2.40. The minimum Gasteiger partial charge on any atom is -0.362 e. The number of rotatable bonds is 4. The van der Waals surface area contributed by atoms with Gasteiger partial charge in [-0.3, -0.25) is 0 Å². The molecule has 3 rings (SSSR count). The van der Waals surface area contributed by atoms with E-state index in [1.807, 2.05) is 30.3 Å². The van der Waals surface area contributed by atoms with Crippen molar-refractivity contribution in [2.45, 2.75) is 11.8 Å². The van der Waals surface area contributed by atoms with Crippen molar-refractivity contribution >= 4 is 29.1 Å². The van der Waals surface area contributed by atoms with Crippen molar-refractivity contribution in [1.82, 2.24) is 10.2 Å². The summed E-state index contributed by atoms with van der Waals surface area (Å²) in [7, 11) is 0. The maximum absolute atomic E-state index is 14.1. The number of nitrogens with zero attached hydrogens (tertiary/aromatic N) is 1. The van der Waals surface area contributed by atoms with Crippen LogP contribution in [0.2, 0.25) is 0 Å². The lowest BCUT2D eigenvalue weighted by molar-refractivity contribution is 0.411. The molecule has 0 aromatic heterocycles. The lowest BCUT2D eigenvalue weighted by atomic mass is 10.1. The third-order valence-corrected chi connectivity index (χ3v) is 5.58. The van der Waals surface area contributed by atoms with Crippen molar-refractivity contribution in [3.8, 4) is 0 Å². The quantitative estimate of drug-likeness (QED) is 0.794. The highest BCUT2D eigenvalue weighted by Crippen LogP contribution is 2.40. The largest absolute Gasteiger partial charge is 0.362 e. The van der Waals surface area contributed by atoms with Crippen molar-refractivity contribution < 1.29 is 13.2 Å². The number of thiocarbonyl (C=S) groups is 1. The molecule has 2 nitrogen and oxygen atoms in total. The van der Waals surface area contributed by atoms with E-state index in [0.29, 0.717) is 36.1 Å². The minimum atomic E-state index is -0.920. The van der Waals surface area contributed by atoms with Gasteiger partial charge in [0, 0.05) is 31.0 Å². The van der Waals surface area contributed by atoms with Crippen molar-refractivity contribution in [2.75, 3.05) is 18.8 Å². The van der Waals surface area contributed by atoms with Gasteiger partial charge in [-0.15, -0.1) is 11.8 Å². The molecule has 0 spiro atoms. The van der Waals surface area contributed by atoms with Gasteiger partial charge < -0.3 is 10.2 Å². The lowest BCUT2D eigenvalue weighted by Gasteiger charge is -2.27. The summed E-state index contributed by atoms with van der Waals surface area (Å²) in [4.78, 5) is 1.75. The first-order chi connectivity index (χ1) is 12.1. The van der Waals surface area contributed by atoms with E-state index in [4.69, 9.17) is 12.2 Å². The first-order valence-electron chi connectivity index (χ1n) is 7.90.